The fourth-order valence-electron chi connectivity index (χ4n) is 3.27. The van der Waals surface area contributed by atoms with Gasteiger partial charge in [0.05, 0.1) is 16.0 Å². The first-order valence-electron chi connectivity index (χ1n) is 10.5. The number of ether oxygens (including phenoxy) is 1. The monoisotopic (exact) mass is 456 g/mol. The maximum Gasteiger partial charge on any atom is 0.191 e. The van der Waals surface area contributed by atoms with E-state index in [1.54, 1.807) is 41.3 Å². The number of para-hydroxylation sites is 2. The first-order chi connectivity index (χ1) is 15.2. The van der Waals surface area contributed by atoms with Crippen LogP contribution in [0.5, 0.6) is 5.75 Å². The lowest BCUT2D eigenvalue weighted by Gasteiger charge is -2.11. The largest absolute Gasteiger partial charge is 0.483 e. The third kappa shape index (κ3) is 5.62. The second-order valence-electron chi connectivity index (χ2n) is 7.19. The van der Waals surface area contributed by atoms with Crippen molar-refractivity contribution in [1.82, 2.24) is 19.7 Å². The number of halogens is 1. The Hall–Kier alpha value is -2.45. The highest BCUT2D eigenvalue weighted by molar-refractivity contribution is 7.98. The molecule has 0 aliphatic rings. The number of fused-ring (bicyclic) bond motifs is 1. The zero-order chi connectivity index (χ0) is 21.5. The van der Waals surface area contributed by atoms with Crippen LogP contribution >= 0.6 is 23.1 Å². The molecule has 0 saturated carbocycles. The van der Waals surface area contributed by atoms with Crippen molar-refractivity contribution in [3.8, 4) is 5.75 Å². The Labute approximate surface area is 189 Å². The van der Waals surface area contributed by atoms with Gasteiger partial charge in [0.15, 0.2) is 22.5 Å². The normalized spacial score (nSPS) is 11.3. The molecule has 31 heavy (non-hydrogen) atoms. The minimum absolute atomic E-state index is 0.184. The quantitative estimate of drug-likeness (QED) is 0.191. The van der Waals surface area contributed by atoms with Gasteiger partial charge in [-0.2, -0.15) is 0 Å². The van der Waals surface area contributed by atoms with Gasteiger partial charge in [0.25, 0.3) is 0 Å². The van der Waals surface area contributed by atoms with E-state index in [-0.39, 0.29) is 18.2 Å². The summed E-state index contributed by atoms with van der Waals surface area (Å²) in [6.07, 6.45) is 4.60. The molecule has 0 aliphatic carbocycles. The molecule has 0 N–H and O–H groups in total. The number of hydrogen-bond acceptors (Lipinski definition) is 6. The molecule has 0 amide bonds. The van der Waals surface area contributed by atoms with Crippen LogP contribution in [0, 0.1) is 5.82 Å². The summed E-state index contributed by atoms with van der Waals surface area (Å²) in [6, 6.07) is 14.6. The van der Waals surface area contributed by atoms with Crippen molar-refractivity contribution in [3.05, 3.63) is 65.2 Å². The number of thiazole rings is 1. The number of rotatable bonds is 11. The molecule has 2 aromatic carbocycles. The molecule has 5 nitrogen and oxygen atoms in total. The van der Waals surface area contributed by atoms with Gasteiger partial charge in [-0.1, -0.05) is 62.2 Å². The predicted octanol–water partition coefficient (Wildman–Crippen LogP) is 6.48. The van der Waals surface area contributed by atoms with E-state index in [0.29, 0.717) is 5.82 Å². The highest BCUT2D eigenvalue weighted by Crippen LogP contribution is 2.28. The molecule has 0 radical (unpaired) electrons. The van der Waals surface area contributed by atoms with Gasteiger partial charge >= 0.3 is 0 Å². The van der Waals surface area contributed by atoms with Crippen LogP contribution in [0.2, 0.25) is 0 Å². The van der Waals surface area contributed by atoms with Crippen molar-refractivity contribution >= 4 is 33.3 Å². The molecule has 0 saturated heterocycles. The van der Waals surface area contributed by atoms with Crippen molar-refractivity contribution < 1.29 is 9.13 Å². The highest BCUT2D eigenvalue weighted by atomic mass is 32.2. The lowest BCUT2D eigenvalue weighted by Crippen LogP contribution is -2.09. The van der Waals surface area contributed by atoms with Crippen LogP contribution in [-0.2, 0) is 18.9 Å². The van der Waals surface area contributed by atoms with Crippen molar-refractivity contribution in [1.29, 1.82) is 0 Å². The van der Waals surface area contributed by atoms with Crippen molar-refractivity contribution in [2.75, 3.05) is 0 Å². The molecular formula is C23H25FN4OS2. The van der Waals surface area contributed by atoms with E-state index in [2.05, 4.69) is 27.8 Å². The molecule has 2 aromatic heterocycles. The summed E-state index contributed by atoms with van der Waals surface area (Å²) in [5, 5.41) is 10.7. The summed E-state index contributed by atoms with van der Waals surface area (Å²) in [5.74, 6) is 1.31. The lowest BCUT2D eigenvalue weighted by molar-refractivity contribution is 0.273. The van der Waals surface area contributed by atoms with Crippen LogP contribution < -0.4 is 4.74 Å². The molecule has 2 heterocycles. The van der Waals surface area contributed by atoms with Crippen LogP contribution in [0.4, 0.5) is 4.39 Å². The molecule has 0 unspecified atom stereocenters. The summed E-state index contributed by atoms with van der Waals surface area (Å²) in [4.78, 5) is 4.71. The Morgan fingerprint density at radius 2 is 1.87 bits per heavy atom. The van der Waals surface area contributed by atoms with Gasteiger partial charge in [-0.25, -0.2) is 9.37 Å². The number of unbranched alkanes of at least 4 members (excludes halogenated alkanes) is 3. The predicted molar refractivity (Wildman–Crippen MR) is 124 cm³/mol. The van der Waals surface area contributed by atoms with Gasteiger partial charge in [0.1, 0.15) is 11.6 Å². The average molecular weight is 457 g/mol. The van der Waals surface area contributed by atoms with Gasteiger partial charge in [-0.05, 0) is 30.7 Å². The molecule has 4 rings (SSSR count). The summed E-state index contributed by atoms with van der Waals surface area (Å²) < 4.78 is 22.9. The van der Waals surface area contributed by atoms with E-state index >= 15 is 0 Å². The highest BCUT2D eigenvalue weighted by Gasteiger charge is 2.15. The van der Waals surface area contributed by atoms with Gasteiger partial charge in [-0.15, -0.1) is 21.5 Å². The van der Waals surface area contributed by atoms with Gasteiger partial charge in [0, 0.05) is 6.54 Å². The van der Waals surface area contributed by atoms with Crippen LogP contribution in [0.25, 0.3) is 10.2 Å². The van der Waals surface area contributed by atoms with Crippen LogP contribution in [0.3, 0.4) is 0 Å². The first-order valence-corrected chi connectivity index (χ1v) is 12.3. The minimum Gasteiger partial charge on any atom is -0.483 e. The van der Waals surface area contributed by atoms with E-state index in [9.17, 15) is 4.39 Å². The summed E-state index contributed by atoms with van der Waals surface area (Å²) in [5.41, 5.74) is 1.03. The lowest BCUT2D eigenvalue weighted by atomic mass is 10.2. The third-order valence-electron chi connectivity index (χ3n) is 4.89. The van der Waals surface area contributed by atoms with E-state index in [1.165, 1.54) is 23.6 Å². The summed E-state index contributed by atoms with van der Waals surface area (Å²) >= 11 is 3.34. The molecule has 0 spiro atoms. The molecule has 162 valence electrons. The summed E-state index contributed by atoms with van der Waals surface area (Å²) in [7, 11) is 0. The van der Waals surface area contributed by atoms with Gasteiger partial charge in [-0.3, -0.25) is 0 Å². The molecule has 4 aromatic rings. The molecule has 0 atom stereocenters. The van der Waals surface area contributed by atoms with E-state index in [0.717, 1.165) is 40.8 Å². The second-order valence-corrected chi connectivity index (χ2v) is 9.25. The Bertz CT molecular complexity index is 1090. The average Bonchev–Trinajstić information content (AvgIpc) is 3.38. The number of aromatic nitrogens is 4. The zero-order valence-corrected chi connectivity index (χ0v) is 19.1. The van der Waals surface area contributed by atoms with Crippen LogP contribution in [-0.4, -0.2) is 19.7 Å². The van der Waals surface area contributed by atoms with Crippen LogP contribution in [0.1, 0.15) is 43.4 Å². The summed E-state index contributed by atoms with van der Waals surface area (Å²) in [6.45, 7) is 3.21. The number of nitrogens with zero attached hydrogens (tertiary/aromatic N) is 4. The molecule has 0 fully saturated rings. The molecule has 0 aliphatic heterocycles. The fourth-order valence-corrected chi connectivity index (χ4v) is 5.21. The van der Waals surface area contributed by atoms with Crippen molar-refractivity contribution in [2.45, 2.75) is 56.7 Å². The fraction of sp³-hybridized carbons (Fsp3) is 0.348. The number of hydrogen-bond donors (Lipinski definition) is 0. The second kappa shape index (κ2) is 10.7. The van der Waals surface area contributed by atoms with E-state index in [1.807, 2.05) is 18.2 Å². The van der Waals surface area contributed by atoms with Gasteiger partial charge < -0.3 is 9.30 Å². The Kier molecular flexibility index (Phi) is 7.53. The van der Waals surface area contributed by atoms with Crippen LogP contribution in [0.15, 0.2) is 53.7 Å². The maximum absolute atomic E-state index is 13.9. The first kappa shape index (κ1) is 21.8. The minimum atomic E-state index is -0.373. The topological polar surface area (TPSA) is 52.8 Å². The standard InChI is InChI=1S/C23H25FN4OS2/c1-2-3-4-9-14-28-21(15-29-19-12-7-5-10-17(19)24)26-27-23(28)30-16-22-25-18-11-6-8-13-20(18)31-22/h5-8,10-13H,2-4,9,14-16H2,1H3. The number of thioether (sulfide) groups is 1. The maximum atomic E-state index is 13.9. The zero-order valence-electron chi connectivity index (χ0n) is 17.5. The van der Waals surface area contributed by atoms with Crippen molar-refractivity contribution in [2.24, 2.45) is 0 Å². The van der Waals surface area contributed by atoms with E-state index < -0.39 is 0 Å². The Morgan fingerprint density at radius 1 is 1.03 bits per heavy atom. The Balaban J connectivity index is 1.46. The SMILES string of the molecule is CCCCCCn1c(COc2ccccc2F)nnc1SCc1nc2ccccc2s1. The molecule has 0 bridgehead atoms. The smallest absolute Gasteiger partial charge is 0.191 e. The Morgan fingerprint density at radius 3 is 2.71 bits per heavy atom. The molecular weight excluding hydrogens is 431 g/mol. The van der Waals surface area contributed by atoms with E-state index in [4.69, 9.17) is 9.72 Å². The van der Waals surface area contributed by atoms with Crippen molar-refractivity contribution in [3.63, 3.8) is 0 Å². The van der Waals surface area contributed by atoms with Gasteiger partial charge in [0.2, 0.25) is 0 Å². The number of benzene rings is 2. The molecule has 8 heteroatoms. The third-order valence-corrected chi connectivity index (χ3v) is 7.08.